The lowest BCUT2D eigenvalue weighted by Crippen LogP contribution is -2.32. The molecule has 2 aliphatic rings. The lowest BCUT2D eigenvalue weighted by molar-refractivity contribution is -0.0289. The molecule has 2 fully saturated rings. The number of nitrogens with one attached hydrogen (secondary N) is 1. The van der Waals surface area contributed by atoms with Crippen LogP contribution in [-0.2, 0) is 9.47 Å². The standard InChI is InChI=1S/C19H22N6O4S/c26-15-13(8-30-12-1-4-20-5-2-12)29-19(16(15)27)25-10-23-14-17(21-9-22-18(14)25)24-11-3-6-28-7-11/h1-2,4-5,9-11,13,15-16,19,26-27H,3,6-8H2,(H,21,22,24)/t11-,13+,15+,16+,19+/m0/s1. The number of aliphatic hydroxyl groups excluding tert-OH is 2. The predicted octanol–water partition coefficient (Wildman–Crippen LogP) is 0.834. The number of hydrogen-bond donors (Lipinski definition) is 3. The van der Waals surface area contributed by atoms with Gasteiger partial charge in [-0.25, -0.2) is 15.0 Å². The third kappa shape index (κ3) is 3.74. The fraction of sp³-hybridized carbons (Fsp3) is 0.474. The Balaban J connectivity index is 1.34. The minimum atomic E-state index is -1.10. The minimum Gasteiger partial charge on any atom is -0.387 e. The fourth-order valence-corrected chi connectivity index (χ4v) is 4.64. The SMILES string of the molecule is O[C@@H]1[C@H](O)[C@@H](CSc2ccncc2)O[C@H]1n1cnc2c(N[C@H]3CCOC3)ncnc21. The Labute approximate surface area is 176 Å². The minimum absolute atomic E-state index is 0.179. The molecule has 11 heteroatoms. The van der Waals surface area contributed by atoms with Gasteiger partial charge in [0.25, 0.3) is 0 Å². The van der Waals surface area contributed by atoms with Gasteiger partial charge in [0.15, 0.2) is 23.2 Å². The second kappa shape index (κ2) is 8.44. The molecular formula is C19H22N6O4S. The quantitative estimate of drug-likeness (QED) is 0.484. The molecule has 5 rings (SSSR count). The van der Waals surface area contributed by atoms with Crippen LogP contribution in [0.5, 0.6) is 0 Å². The number of aliphatic hydroxyl groups is 2. The first kappa shape index (κ1) is 19.6. The van der Waals surface area contributed by atoms with E-state index >= 15 is 0 Å². The van der Waals surface area contributed by atoms with Crippen molar-refractivity contribution in [3.8, 4) is 0 Å². The van der Waals surface area contributed by atoms with E-state index in [1.807, 2.05) is 12.1 Å². The Morgan fingerprint density at radius 2 is 2.03 bits per heavy atom. The lowest BCUT2D eigenvalue weighted by Gasteiger charge is -2.17. The van der Waals surface area contributed by atoms with E-state index in [4.69, 9.17) is 9.47 Å². The first-order valence-corrected chi connectivity index (χ1v) is 10.8. The van der Waals surface area contributed by atoms with E-state index in [-0.39, 0.29) is 6.04 Å². The van der Waals surface area contributed by atoms with Crippen molar-refractivity contribution in [2.24, 2.45) is 0 Å². The third-order valence-electron chi connectivity index (χ3n) is 5.30. The van der Waals surface area contributed by atoms with Crippen molar-refractivity contribution in [2.45, 2.75) is 41.9 Å². The second-order valence-electron chi connectivity index (χ2n) is 7.29. The molecule has 158 valence electrons. The van der Waals surface area contributed by atoms with Gasteiger partial charge < -0.3 is 25.0 Å². The zero-order valence-corrected chi connectivity index (χ0v) is 16.9. The summed E-state index contributed by atoms with van der Waals surface area (Å²) in [7, 11) is 0. The number of fused-ring (bicyclic) bond motifs is 1. The van der Waals surface area contributed by atoms with Crippen LogP contribution in [0.25, 0.3) is 11.2 Å². The van der Waals surface area contributed by atoms with Gasteiger partial charge in [-0.2, -0.15) is 0 Å². The molecule has 3 aromatic rings. The van der Waals surface area contributed by atoms with E-state index in [9.17, 15) is 10.2 Å². The molecule has 5 atom stereocenters. The number of ether oxygens (including phenoxy) is 2. The van der Waals surface area contributed by atoms with Crippen molar-refractivity contribution in [1.82, 2.24) is 24.5 Å². The van der Waals surface area contributed by atoms with E-state index in [1.54, 1.807) is 23.3 Å². The molecule has 5 heterocycles. The molecule has 3 aromatic heterocycles. The summed E-state index contributed by atoms with van der Waals surface area (Å²) >= 11 is 1.54. The highest BCUT2D eigenvalue weighted by atomic mass is 32.2. The zero-order valence-electron chi connectivity index (χ0n) is 16.0. The van der Waals surface area contributed by atoms with E-state index < -0.39 is 24.5 Å². The summed E-state index contributed by atoms with van der Waals surface area (Å²) in [6.07, 6.45) is 3.92. The summed E-state index contributed by atoms with van der Waals surface area (Å²) in [6.45, 7) is 1.35. The molecule has 0 aliphatic carbocycles. The first-order chi connectivity index (χ1) is 14.7. The highest BCUT2D eigenvalue weighted by molar-refractivity contribution is 7.99. The molecule has 2 aliphatic heterocycles. The predicted molar refractivity (Wildman–Crippen MR) is 109 cm³/mol. The van der Waals surface area contributed by atoms with Gasteiger partial charge >= 0.3 is 0 Å². The van der Waals surface area contributed by atoms with E-state index in [2.05, 4.69) is 25.3 Å². The summed E-state index contributed by atoms with van der Waals surface area (Å²) in [4.78, 5) is 18.1. The molecule has 2 saturated heterocycles. The van der Waals surface area contributed by atoms with Gasteiger partial charge in [-0.1, -0.05) is 0 Å². The number of nitrogens with zero attached hydrogens (tertiary/aromatic N) is 5. The van der Waals surface area contributed by atoms with Crippen LogP contribution in [0.1, 0.15) is 12.6 Å². The van der Waals surface area contributed by atoms with Crippen molar-refractivity contribution in [3.05, 3.63) is 37.2 Å². The number of imidazole rings is 1. The average molecular weight is 430 g/mol. The van der Waals surface area contributed by atoms with Crippen LogP contribution in [0.15, 0.2) is 42.1 Å². The largest absolute Gasteiger partial charge is 0.387 e. The smallest absolute Gasteiger partial charge is 0.167 e. The highest BCUT2D eigenvalue weighted by Crippen LogP contribution is 2.34. The number of rotatable bonds is 6. The molecule has 10 nitrogen and oxygen atoms in total. The van der Waals surface area contributed by atoms with Gasteiger partial charge in [-0.05, 0) is 18.6 Å². The molecule has 0 aromatic carbocycles. The van der Waals surface area contributed by atoms with Crippen molar-refractivity contribution >= 4 is 28.7 Å². The monoisotopic (exact) mass is 430 g/mol. The van der Waals surface area contributed by atoms with Crippen LogP contribution in [-0.4, -0.2) is 78.0 Å². The van der Waals surface area contributed by atoms with Gasteiger partial charge in [-0.3, -0.25) is 9.55 Å². The van der Waals surface area contributed by atoms with Gasteiger partial charge in [0, 0.05) is 29.6 Å². The fourth-order valence-electron chi connectivity index (χ4n) is 3.69. The lowest BCUT2D eigenvalue weighted by atomic mass is 10.1. The maximum atomic E-state index is 10.6. The molecule has 0 bridgehead atoms. The molecule has 0 unspecified atom stereocenters. The number of anilines is 1. The van der Waals surface area contributed by atoms with Crippen LogP contribution in [0, 0.1) is 0 Å². The van der Waals surface area contributed by atoms with Crippen molar-refractivity contribution in [1.29, 1.82) is 0 Å². The number of pyridine rings is 1. The maximum absolute atomic E-state index is 10.6. The van der Waals surface area contributed by atoms with E-state index in [0.717, 1.165) is 17.9 Å². The third-order valence-corrected chi connectivity index (χ3v) is 6.41. The van der Waals surface area contributed by atoms with Crippen LogP contribution in [0.3, 0.4) is 0 Å². The van der Waals surface area contributed by atoms with Gasteiger partial charge in [0.1, 0.15) is 18.5 Å². The molecular weight excluding hydrogens is 408 g/mol. The van der Waals surface area contributed by atoms with Gasteiger partial charge in [0.2, 0.25) is 0 Å². The van der Waals surface area contributed by atoms with Crippen LogP contribution < -0.4 is 5.32 Å². The van der Waals surface area contributed by atoms with E-state index in [1.165, 1.54) is 18.1 Å². The highest BCUT2D eigenvalue weighted by Gasteiger charge is 2.44. The zero-order chi connectivity index (χ0) is 20.5. The molecule has 3 N–H and O–H groups in total. The number of hydrogen-bond acceptors (Lipinski definition) is 10. The summed E-state index contributed by atoms with van der Waals surface area (Å²) in [5.74, 6) is 1.11. The van der Waals surface area contributed by atoms with Crippen LogP contribution >= 0.6 is 11.8 Å². The first-order valence-electron chi connectivity index (χ1n) is 9.77. The molecule has 0 saturated carbocycles. The average Bonchev–Trinajstić information content (AvgIpc) is 3.49. The molecule has 0 amide bonds. The summed E-state index contributed by atoms with van der Waals surface area (Å²) in [6, 6.07) is 3.96. The van der Waals surface area contributed by atoms with Gasteiger partial charge in [0.05, 0.1) is 25.1 Å². The van der Waals surface area contributed by atoms with E-state index in [0.29, 0.717) is 29.3 Å². The van der Waals surface area contributed by atoms with Gasteiger partial charge in [-0.15, -0.1) is 11.8 Å². The normalized spacial score (nSPS) is 28.9. The summed E-state index contributed by atoms with van der Waals surface area (Å²) < 4.78 is 13.1. The Morgan fingerprint density at radius 1 is 1.17 bits per heavy atom. The number of aromatic nitrogens is 5. The molecule has 30 heavy (non-hydrogen) atoms. The van der Waals surface area contributed by atoms with Crippen LogP contribution in [0.4, 0.5) is 5.82 Å². The van der Waals surface area contributed by atoms with Crippen molar-refractivity contribution in [3.63, 3.8) is 0 Å². The van der Waals surface area contributed by atoms with Crippen molar-refractivity contribution in [2.75, 3.05) is 24.3 Å². The van der Waals surface area contributed by atoms with Crippen molar-refractivity contribution < 1.29 is 19.7 Å². The maximum Gasteiger partial charge on any atom is 0.167 e. The Morgan fingerprint density at radius 3 is 2.83 bits per heavy atom. The molecule has 0 spiro atoms. The summed E-state index contributed by atoms with van der Waals surface area (Å²) in [5.41, 5.74) is 1.12. The topological polar surface area (TPSA) is 127 Å². The Bertz CT molecular complexity index is 999. The molecule has 0 radical (unpaired) electrons. The summed E-state index contributed by atoms with van der Waals surface area (Å²) in [5, 5.41) is 24.5. The second-order valence-corrected chi connectivity index (χ2v) is 8.38. The Kier molecular flexibility index (Phi) is 5.52. The van der Waals surface area contributed by atoms with Crippen LogP contribution in [0.2, 0.25) is 0 Å². The Hall–Kier alpha value is -2.31. The number of thioether (sulfide) groups is 1.